The van der Waals surface area contributed by atoms with Gasteiger partial charge in [-0.3, -0.25) is 9.59 Å². The number of nitrogens with zero attached hydrogens (tertiary/aromatic N) is 1. The first-order valence-corrected chi connectivity index (χ1v) is 12.5. The van der Waals surface area contributed by atoms with Crippen molar-refractivity contribution in [3.8, 4) is 5.75 Å². The van der Waals surface area contributed by atoms with Crippen molar-refractivity contribution in [2.24, 2.45) is 5.92 Å². The first kappa shape index (κ1) is 26.3. The van der Waals surface area contributed by atoms with E-state index >= 15 is 0 Å². The number of anilines is 1. The number of hydrogen-bond acceptors (Lipinski definition) is 5. The molecular weight excluding hydrogens is 442 g/mol. The molecule has 33 heavy (non-hydrogen) atoms. The van der Waals surface area contributed by atoms with Crippen LogP contribution in [0, 0.1) is 5.92 Å². The van der Waals surface area contributed by atoms with Crippen molar-refractivity contribution in [2.45, 2.75) is 45.6 Å². The van der Waals surface area contributed by atoms with Gasteiger partial charge in [0.05, 0.1) is 11.5 Å². The van der Waals surface area contributed by atoms with E-state index in [4.69, 9.17) is 4.74 Å². The van der Waals surface area contributed by atoms with E-state index in [1.54, 1.807) is 38.1 Å². The van der Waals surface area contributed by atoms with Crippen LogP contribution in [0.5, 0.6) is 5.75 Å². The lowest BCUT2D eigenvalue weighted by Crippen LogP contribution is -2.47. The monoisotopic (exact) mass is 475 g/mol. The Kier molecular flexibility index (Phi) is 9.43. The zero-order valence-corrected chi connectivity index (χ0v) is 20.6. The molecule has 0 saturated heterocycles. The Morgan fingerprint density at radius 3 is 2.18 bits per heavy atom. The van der Waals surface area contributed by atoms with Crippen LogP contribution < -0.4 is 15.4 Å². The number of amides is 2. The maximum atomic E-state index is 12.9. The summed E-state index contributed by atoms with van der Waals surface area (Å²) in [4.78, 5) is 25.8. The highest BCUT2D eigenvalue weighted by molar-refractivity contribution is 7.89. The first-order valence-electron chi connectivity index (χ1n) is 11.1. The third kappa shape index (κ3) is 6.79. The first-order chi connectivity index (χ1) is 15.6. The number of carbonyl (C=O) groups is 2. The van der Waals surface area contributed by atoms with Gasteiger partial charge >= 0.3 is 0 Å². The van der Waals surface area contributed by atoms with Gasteiger partial charge in [0.2, 0.25) is 15.9 Å². The highest BCUT2D eigenvalue weighted by Gasteiger charge is 2.26. The molecule has 0 aliphatic rings. The maximum Gasteiger partial charge on any atom is 0.251 e. The van der Waals surface area contributed by atoms with Gasteiger partial charge in [0, 0.05) is 24.3 Å². The zero-order chi connectivity index (χ0) is 24.6. The molecule has 0 saturated carbocycles. The molecule has 0 unspecified atom stereocenters. The SMILES string of the molecule is CCOc1ccc(NC(=O)[C@@H](NC(=O)c2cccc(S(=O)(=O)N(CC)CC)c2)C(C)C)cc1. The van der Waals surface area contributed by atoms with Crippen LogP contribution in [0.4, 0.5) is 5.69 Å². The normalized spacial score (nSPS) is 12.5. The summed E-state index contributed by atoms with van der Waals surface area (Å²) in [7, 11) is -3.70. The second kappa shape index (κ2) is 11.8. The van der Waals surface area contributed by atoms with E-state index in [1.165, 1.54) is 28.6 Å². The van der Waals surface area contributed by atoms with Crippen LogP contribution in [0.25, 0.3) is 0 Å². The van der Waals surface area contributed by atoms with E-state index in [0.29, 0.717) is 31.1 Å². The van der Waals surface area contributed by atoms with E-state index in [2.05, 4.69) is 10.6 Å². The lowest BCUT2D eigenvalue weighted by molar-refractivity contribution is -0.118. The van der Waals surface area contributed by atoms with Gasteiger partial charge in [0.15, 0.2) is 0 Å². The van der Waals surface area contributed by atoms with Crippen molar-refractivity contribution in [3.05, 3.63) is 54.1 Å². The summed E-state index contributed by atoms with van der Waals surface area (Å²) in [5.74, 6) is -0.385. The molecule has 2 N–H and O–H groups in total. The van der Waals surface area contributed by atoms with E-state index in [0.717, 1.165) is 0 Å². The second-order valence-electron chi connectivity index (χ2n) is 7.76. The number of carbonyl (C=O) groups excluding carboxylic acids is 2. The standard InChI is InChI=1S/C24H33N3O5S/c1-6-27(7-2)33(30,31)21-11-9-10-18(16-21)23(28)26-22(17(4)5)24(29)25-19-12-14-20(15-13-19)32-8-3/h9-17,22H,6-8H2,1-5H3,(H,25,29)(H,26,28)/t22-/m0/s1. The van der Waals surface area contributed by atoms with Crippen molar-refractivity contribution >= 4 is 27.5 Å². The fourth-order valence-electron chi connectivity index (χ4n) is 3.29. The van der Waals surface area contributed by atoms with E-state index in [-0.39, 0.29) is 22.3 Å². The Balaban J connectivity index is 2.17. The molecule has 2 rings (SSSR count). The minimum absolute atomic E-state index is 0.0405. The van der Waals surface area contributed by atoms with Gasteiger partial charge in [-0.2, -0.15) is 4.31 Å². The summed E-state index contributed by atoms with van der Waals surface area (Å²) in [6.45, 7) is 10.3. The fourth-order valence-corrected chi connectivity index (χ4v) is 4.80. The Bertz CT molecular complexity index is 1050. The highest BCUT2D eigenvalue weighted by atomic mass is 32.2. The molecule has 0 heterocycles. The van der Waals surface area contributed by atoms with Crippen LogP contribution >= 0.6 is 0 Å². The van der Waals surface area contributed by atoms with Crippen LogP contribution in [0.1, 0.15) is 45.0 Å². The second-order valence-corrected chi connectivity index (χ2v) is 9.70. The molecule has 8 nitrogen and oxygen atoms in total. The molecule has 2 amide bonds. The molecule has 0 bridgehead atoms. The Labute approximate surface area is 196 Å². The van der Waals surface area contributed by atoms with Gasteiger partial charge in [0.1, 0.15) is 11.8 Å². The quantitative estimate of drug-likeness (QED) is 0.518. The molecule has 1 atom stereocenters. The summed E-state index contributed by atoms with van der Waals surface area (Å²) < 4.78 is 32.3. The Morgan fingerprint density at radius 1 is 1.00 bits per heavy atom. The molecule has 0 aliphatic heterocycles. The number of nitrogens with one attached hydrogen (secondary N) is 2. The Morgan fingerprint density at radius 2 is 1.64 bits per heavy atom. The molecule has 180 valence electrons. The highest BCUT2D eigenvalue weighted by Crippen LogP contribution is 2.19. The van der Waals surface area contributed by atoms with Crippen molar-refractivity contribution in [1.82, 2.24) is 9.62 Å². The topological polar surface area (TPSA) is 105 Å². The van der Waals surface area contributed by atoms with Crippen LogP contribution in [0.15, 0.2) is 53.4 Å². The van der Waals surface area contributed by atoms with Gasteiger partial charge < -0.3 is 15.4 Å². The molecule has 2 aromatic rings. The van der Waals surface area contributed by atoms with Gasteiger partial charge in [-0.15, -0.1) is 0 Å². The van der Waals surface area contributed by atoms with Gasteiger partial charge in [0.25, 0.3) is 5.91 Å². The summed E-state index contributed by atoms with van der Waals surface area (Å²) >= 11 is 0. The number of hydrogen-bond donors (Lipinski definition) is 2. The lowest BCUT2D eigenvalue weighted by atomic mass is 10.0. The third-order valence-electron chi connectivity index (χ3n) is 5.11. The molecule has 0 radical (unpaired) electrons. The molecule has 0 fully saturated rings. The molecule has 0 spiro atoms. The lowest BCUT2D eigenvalue weighted by Gasteiger charge is -2.22. The molecular formula is C24H33N3O5S. The molecule has 0 aromatic heterocycles. The fraction of sp³-hybridized carbons (Fsp3) is 0.417. The van der Waals surface area contributed by atoms with Crippen LogP contribution in [-0.2, 0) is 14.8 Å². The Hall–Kier alpha value is -2.91. The van der Waals surface area contributed by atoms with Crippen LogP contribution in [0.2, 0.25) is 0 Å². The van der Waals surface area contributed by atoms with Crippen LogP contribution in [-0.4, -0.2) is 50.3 Å². The summed E-state index contributed by atoms with van der Waals surface area (Å²) in [6, 6.07) is 12.0. The van der Waals surface area contributed by atoms with Crippen molar-refractivity contribution in [3.63, 3.8) is 0 Å². The maximum absolute atomic E-state index is 12.9. The van der Waals surface area contributed by atoms with Crippen molar-refractivity contribution < 1.29 is 22.7 Å². The van der Waals surface area contributed by atoms with E-state index < -0.39 is 22.0 Å². The summed E-state index contributed by atoms with van der Waals surface area (Å²) in [5, 5.41) is 5.54. The summed E-state index contributed by atoms with van der Waals surface area (Å²) in [6.07, 6.45) is 0. The van der Waals surface area contributed by atoms with Crippen molar-refractivity contribution in [2.75, 3.05) is 25.0 Å². The van der Waals surface area contributed by atoms with Gasteiger partial charge in [-0.1, -0.05) is 33.8 Å². The minimum atomic E-state index is -3.70. The predicted octanol–water partition coefficient (Wildman–Crippen LogP) is 3.51. The van der Waals surface area contributed by atoms with Gasteiger partial charge in [-0.05, 0) is 55.3 Å². The number of sulfonamides is 1. The van der Waals surface area contributed by atoms with Crippen LogP contribution in [0.3, 0.4) is 0 Å². The number of benzene rings is 2. The molecule has 9 heteroatoms. The smallest absolute Gasteiger partial charge is 0.251 e. The zero-order valence-electron chi connectivity index (χ0n) is 19.8. The average molecular weight is 476 g/mol. The largest absolute Gasteiger partial charge is 0.494 e. The predicted molar refractivity (Wildman–Crippen MR) is 129 cm³/mol. The molecule has 2 aromatic carbocycles. The third-order valence-corrected chi connectivity index (χ3v) is 7.15. The van der Waals surface area contributed by atoms with Gasteiger partial charge in [-0.25, -0.2) is 8.42 Å². The number of rotatable bonds is 11. The van der Waals surface area contributed by atoms with Crippen molar-refractivity contribution in [1.29, 1.82) is 0 Å². The van der Waals surface area contributed by atoms with E-state index in [1.807, 2.05) is 20.8 Å². The molecule has 0 aliphatic carbocycles. The minimum Gasteiger partial charge on any atom is -0.494 e. The average Bonchev–Trinajstić information content (AvgIpc) is 2.79. The summed E-state index contributed by atoms with van der Waals surface area (Å²) in [5.41, 5.74) is 0.749. The van der Waals surface area contributed by atoms with E-state index in [9.17, 15) is 18.0 Å². The number of ether oxygens (including phenoxy) is 1.